The van der Waals surface area contributed by atoms with Crippen molar-refractivity contribution in [2.24, 2.45) is 0 Å². The number of carboxylic acid groups (broad SMARTS) is 1. The Bertz CT molecular complexity index is 328. The summed E-state index contributed by atoms with van der Waals surface area (Å²) in [5, 5.41) is 14.4. The Labute approximate surface area is 103 Å². The third-order valence-corrected chi connectivity index (χ3v) is 3.48. The van der Waals surface area contributed by atoms with Gasteiger partial charge in [-0.05, 0) is 24.9 Å². The van der Waals surface area contributed by atoms with Crippen molar-refractivity contribution < 1.29 is 9.90 Å². The number of unbranched alkanes of at least 4 members (excludes halogenated alkanes) is 1. The molecule has 0 bridgehead atoms. The molecule has 0 radical (unpaired) electrons. The quantitative estimate of drug-likeness (QED) is 0.702. The van der Waals surface area contributed by atoms with Crippen molar-refractivity contribution in [1.82, 2.24) is 4.98 Å². The molecule has 90 valence electrons. The average molecular weight is 260 g/mol. The minimum absolute atomic E-state index is 0.00462. The summed E-state index contributed by atoms with van der Waals surface area (Å²) in [6.45, 7) is 0.903. The Balaban J connectivity index is 2.21. The second-order valence-corrected chi connectivity index (χ2v) is 5.18. The number of nitrogens with one attached hydrogen (secondary N) is 1. The number of hydrogen-bond acceptors (Lipinski definition) is 5. The van der Waals surface area contributed by atoms with Gasteiger partial charge in [-0.15, -0.1) is 11.3 Å². The number of aliphatic carboxylic acids is 1. The minimum Gasteiger partial charge on any atom is -0.481 e. The molecule has 0 aliphatic heterocycles. The molecule has 0 aliphatic rings. The van der Waals surface area contributed by atoms with E-state index in [4.69, 9.17) is 5.11 Å². The predicted molar refractivity (Wildman–Crippen MR) is 69.6 cm³/mol. The third kappa shape index (κ3) is 5.37. The second-order valence-electron chi connectivity index (χ2n) is 3.34. The summed E-state index contributed by atoms with van der Waals surface area (Å²) in [6, 6.07) is 0. The highest BCUT2D eigenvalue weighted by atomic mass is 32.2. The molecule has 0 amide bonds. The van der Waals surface area contributed by atoms with E-state index < -0.39 is 5.97 Å². The van der Waals surface area contributed by atoms with Gasteiger partial charge in [0.15, 0.2) is 5.13 Å². The van der Waals surface area contributed by atoms with Crippen molar-refractivity contribution in [2.45, 2.75) is 19.3 Å². The fraction of sp³-hybridized carbons (Fsp3) is 0.600. The van der Waals surface area contributed by atoms with E-state index in [1.165, 1.54) is 23.5 Å². The van der Waals surface area contributed by atoms with E-state index in [1.807, 2.05) is 11.8 Å². The van der Waals surface area contributed by atoms with Crippen LogP contribution in [0, 0.1) is 0 Å². The Hall–Kier alpha value is -0.750. The number of rotatable bonds is 8. The van der Waals surface area contributed by atoms with Crippen LogP contribution in [-0.2, 0) is 11.2 Å². The molecular formula is C10H16N2O2S2. The lowest BCUT2D eigenvalue weighted by Gasteiger charge is -2.01. The van der Waals surface area contributed by atoms with Crippen LogP contribution in [0.3, 0.4) is 0 Å². The molecule has 0 aliphatic carbocycles. The molecule has 0 unspecified atom stereocenters. The number of anilines is 1. The van der Waals surface area contributed by atoms with Crippen LogP contribution >= 0.6 is 23.1 Å². The number of nitrogens with zero attached hydrogens (tertiary/aromatic N) is 1. The fourth-order valence-electron chi connectivity index (χ4n) is 1.19. The van der Waals surface area contributed by atoms with Gasteiger partial charge in [-0.25, -0.2) is 4.98 Å². The molecule has 1 rings (SSSR count). The molecule has 6 heteroatoms. The van der Waals surface area contributed by atoms with E-state index in [2.05, 4.69) is 16.6 Å². The smallest absolute Gasteiger partial charge is 0.309 e. The van der Waals surface area contributed by atoms with E-state index in [9.17, 15) is 4.79 Å². The van der Waals surface area contributed by atoms with Crippen molar-refractivity contribution in [2.75, 3.05) is 23.9 Å². The van der Waals surface area contributed by atoms with Crippen LogP contribution in [0.25, 0.3) is 0 Å². The third-order valence-electron chi connectivity index (χ3n) is 1.94. The summed E-state index contributed by atoms with van der Waals surface area (Å²) < 4.78 is 0. The standard InChI is InChI=1S/C10H16N2O2S2/c1-15-5-3-2-4-11-10-12-8(7-16-10)6-9(13)14/h7H,2-6H2,1H3,(H,11,12)(H,13,14). The Morgan fingerprint density at radius 1 is 1.62 bits per heavy atom. The number of carbonyl (C=O) groups is 1. The van der Waals surface area contributed by atoms with Crippen molar-refractivity contribution in [3.8, 4) is 0 Å². The van der Waals surface area contributed by atoms with E-state index in [0.717, 1.165) is 18.1 Å². The summed E-state index contributed by atoms with van der Waals surface area (Å²) in [5.74, 6) is 0.348. The average Bonchev–Trinajstić information content (AvgIpc) is 2.64. The monoisotopic (exact) mass is 260 g/mol. The predicted octanol–water partition coefficient (Wildman–Crippen LogP) is 2.33. The molecule has 1 aromatic rings. The van der Waals surface area contributed by atoms with Crippen LogP contribution in [0.5, 0.6) is 0 Å². The molecule has 2 N–H and O–H groups in total. The maximum Gasteiger partial charge on any atom is 0.309 e. The zero-order valence-electron chi connectivity index (χ0n) is 9.23. The van der Waals surface area contributed by atoms with Gasteiger partial charge in [-0.2, -0.15) is 11.8 Å². The van der Waals surface area contributed by atoms with Gasteiger partial charge in [-0.3, -0.25) is 4.79 Å². The lowest BCUT2D eigenvalue weighted by atomic mass is 10.3. The molecule has 0 spiro atoms. The first-order valence-electron chi connectivity index (χ1n) is 5.11. The van der Waals surface area contributed by atoms with Crippen molar-refractivity contribution in [1.29, 1.82) is 0 Å². The lowest BCUT2D eigenvalue weighted by Crippen LogP contribution is -2.03. The van der Waals surface area contributed by atoms with E-state index in [0.29, 0.717) is 5.69 Å². The number of thioether (sulfide) groups is 1. The molecule has 0 aromatic carbocycles. The highest BCUT2D eigenvalue weighted by molar-refractivity contribution is 7.98. The largest absolute Gasteiger partial charge is 0.481 e. The van der Waals surface area contributed by atoms with Crippen LogP contribution in [-0.4, -0.2) is 34.6 Å². The van der Waals surface area contributed by atoms with Crippen LogP contribution in [0.15, 0.2) is 5.38 Å². The van der Waals surface area contributed by atoms with Gasteiger partial charge in [0.25, 0.3) is 0 Å². The van der Waals surface area contributed by atoms with Gasteiger partial charge < -0.3 is 10.4 Å². The first-order valence-corrected chi connectivity index (χ1v) is 7.38. The Morgan fingerprint density at radius 2 is 2.44 bits per heavy atom. The number of thiazole rings is 1. The van der Waals surface area contributed by atoms with E-state index in [1.54, 1.807) is 5.38 Å². The molecule has 0 atom stereocenters. The molecule has 1 aromatic heterocycles. The minimum atomic E-state index is -0.836. The van der Waals surface area contributed by atoms with Gasteiger partial charge in [0.2, 0.25) is 0 Å². The zero-order chi connectivity index (χ0) is 11.8. The van der Waals surface area contributed by atoms with Crippen LogP contribution < -0.4 is 5.32 Å². The first-order chi connectivity index (χ1) is 7.72. The van der Waals surface area contributed by atoms with Gasteiger partial charge in [0.1, 0.15) is 0 Å². The summed E-state index contributed by atoms with van der Waals surface area (Å²) in [5.41, 5.74) is 0.629. The summed E-state index contributed by atoms with van der Waals surface area (Å²) in [7, 11) is 0. The van der Waals surface area contributed by atoms with Crippen LogP contribution in [0.4, 0.5) is 5.13 Å². The molecule has 4 nitrogen and oxygen atoms in total. The Kier molecular flexibility index (Phi) is 6.25. The van der Waals surface area contributed by atoms with Crippen molar-refractivity contribution in [3.05, 3.63) is 11.1 Å². The first kappa shape index (κ1) is 13.3. The number of hydrogen-bond donors (Lipinski definition) is 2. The molecule has 0 fully saturated rings. The maximum atomic E-state index is 10.5. The normalized spacial score (nSPS) is 10.3. The van der Waals surface area contributed by atoms with E-state index >= 15 is 0 Å². The molecule has 0 saturated carbocycles. The second kappa shape index (κ2) is 7.51. The summed E-state index contributed by atoms with van der Waals surface area (Å²) in [6.07, 6.45) is 4.42. The fourth-order valence-corrected chi connectivity index (χ4v) is 2.42. The van der Waals surface area contributed by atoms with Crippen LogP contribution in [0.1, 0.15) is 18.5 Å². The van der Waals surface area contributed by atoms with Gasteiger partial charge in [0, 0.05) is 11.9 Å². The lowest BCUT2D eigenvalue weighted by molar-refractivity contribution is -0.136. The number of aromatic nitrogens is 1. The number of carboxylic acids is 1. The molecule has 16 heavy (non-hydrogen) atoms. The van der Waals surface area contributed by atoms with E-state index in [-0.39, 0.29) is 6.42 Å². The molecule has 0 saturated heterocycles. The zero-order valence-corrected chi connectivity index (χ0v) is 10.9. The van der Waals surface area contributed by atoms with Crippen LogP contribution in [0.2, 0.25) is 0 Å². The summed E-state index contributed by atoms with van der Waals surface area (Å²) >= 11 is 3.32. The topological polar surface area (TPSA) is 62.2 Å². The van der Waals surface area contributed by atoms with Gasteiger partial charge in [-0.1, -0.05) is 0 Å². The highest BCUT2D eigenvalue weighted by Crippen LogP contribution is 2.15. The SMILES string of the molecule is CSCCCCNc1nc(CC(=O)O)cs1. The Morgan fingerprint density at radius 3 is 3.12 bits per heavy atom. The molecule has 1 heterocycles. The highest BCUT2D eigenvalue weighted by Gasteiger charge is 2.05. The van der Waals surface area contributed by atoms with Crippen molar-refractivity contribution in [3.63, 3.8) is 0 Å². The maximum absolute atomic E-state index is 10.5. The van der Waals surface area contributed by atoms with Gasteiger partial charge in [0.05, 0.1) is 12.1 Å². The van der Waals surface area contributed by atoms with Gasteiger partial charge >= 0.3 is 5.97 Å². The molecular weight excluding hydrogens is 244 g/mol. The van der Waals surface area contributed by atoms with Crippen molar-refractivity contribution >= 4 is 34.2 Å². The summed E-state index contributed by atoms with van der Waals surface area (Å²) in [4.78, 5) is 14.6.